The molecule has 1 fully saturated rings. The van der Waals surface area contributed by atoms with Crippen molar-refractivity contribution in [3.8, 4) is 0 Å². The Bertz CT molecular complexity index is 732. The fourth-order valence-corrected chi connectivity index (χ4v) is 3.12. The van der Waals surface area contributed by atoms with E-state index in [9.17, 15) is 9.18 Å². The molecule has 1 saturated heterocycles. The van der Waals surface area contributed by atoms with Crippen LogP contribution in [0.2, 0.25) is 5.02 Å². The van der Waals surface area contributed by atoms with Crippen molar-refractivity contribution in [2.75, 3.05) is 42.9 Å². The van der Waals surface area contributed by atoms with Crippen LogP contribution >= 0.6 is 11.6 Å². The summed E-state index contributed by atoms with van der Waals surface area (Å²) in [5.41, 5.74) is 1.36. The molecule has 0 spiro atoms. The molecule has 4 nitrogen and oxygen atoms in total. The van der Waals surface area contributed by atoms with E-state index in [2.05, 4.69) is 21.2 Å². The van der Waals surface area contributed by atoms with Crippen molar-refractivity contribution in [3.05, 3.63) is 59.4 Å². The van der Waals surface area contributed by atoms with Crippen LogP contribution in [-0.2, 0) is 4.79 Å². The Balaban J connectivity index is 1.43. The van der Waals surface area contributed by atoms with E-state index in [0.29, 0.717) is 13.0 Å². The van der Waals surface area contributed by atoms with E-state index in [-0.39, 0.29) is 11.6 Å². The smallest absolute Gasteiger partial charge is 0.225 e. The summed E-state index contributed by atoms with van der Waals surface area (Å²) in [4.78, 5) is 16.5. The number of piperazine rings is 1. The van der Waals surface area contributed by atoms with Crippen LogP contribution < -0.4 is 10.2 Å². The zero-order valence-electron chi connectivity index (χ0n) is 13.9. The van der Waals surface area contributed by atoms with Gasteiger partial charge in [0.05, 0.1) is 5.69 Å². The molecule has 0 saturated carbocycles. The van der Waals surface area contributed by atoms with Crippen molar-refractivity contribution >= 4 is 28.9 Å². The molecule has 0 bridgehead atoms. The molecule has 0 radical (unpaired) electrons. The van der Waals surface area contributed by atoms with Gasteiger partial charge in [-0.05, 0) is 30.3 Å². The highest BCUT2D eigenvalue weighted by Crippen LogP contribution is 2.21. The maximum absolute atomic E-state index is 13.5. The first-order valence-corrected chi connectivity index (χ1v) is 8.77. The molecule has 0 aliphatic carbocycles. The number of hydrogen-bond acceptors (Lipinski definition) is 3. The zero-order valence-corrected chi connectivity index (χ0v) is 14.7. The van der Waals surface area contributed by atoms with Gasteiger partial charge in [-0.15, -0.1) is 0 Å². The van der Waals surface area contributed by atoms with Gasteiger partial charge in [-0.1, -0.05) is 29.8 Å². The Morgan fingerprint density at radius 1 is 1.08 bits per heavy atom. The highest BCUT2D eigenvalue weighted by Gasteiger charge is 2.18. The first-order valence-electron chi connectivity index (χ1n) is 8.39. The number of para-hydroxylation sites is 1. The van der Waals surface area contributed by atoms with E-state index in [4.69, 9.17) is 11.6 Å². The average molecular weight is 362 g/mol. The molecule has 1 aliphatic heterocycles. The SMILES string of the molecule is O=C(CCN1CCN(c2cccc(Cl)c2)CC1)Nc1ccccc1F. The quantitative estimate of drug-likeness (QED) is 0.883. The Labute approximate surface area is 152 Å². The highest BCUT2D eigenvalue weighted by atomic mass is 35.5. The molecule has 1 amide bonds. The summed E-state index contributed by atoms with van der Waals surface area (Å²) in [5, 5.41) is 3.37. The lowest BCUT2D eigenvalue weighted by Gasteiger charge is -2.36. The second-order valence-electron chi connectivity index (χ2n) is 6.09. The van der Waals surface area contributed by atoms with E-state index >= 15 is 0 Å². The molecule has 2 aromatic rings. The van der Waals surface area contributed by atoms with E-state index in [1.165, 1.54) is 6.07 Å². The second-order valence-corrected chi connectivity index (χ2v) is 6.52. The first kappa shape index (κ1) is 17.7. The molecule has 1 aliphatic rings. The normalized spacial score (nSPS) is 15.2. The fourth-order valence-electron chi connectivity index (χ4n) is 2.94. The molecule has 0 aromatic heterocycles. The Hall–Kier alpha value is -2.11. The number of benzene rings is 2. The molecule has 1 N–H and O–H groups in total. The number of hydrogen-bond donors (Lipinski definition) is 1. The van der Waals surface area contributed by atoms with E-state index in [1.54, 1.807) is 18.2 Å². The molecule has 2 aromatic carbocycles. The molecular weight excluding hydrogens is 341 g/mol. The van der Waals surface area contributed by atoms with Gasteiger partial charge >= 0.3 is 0 Å². The van der Waals surface area contributed by atoms with Crippen LogP contribution in [0, 0.1) is 5.82 Å². The molecule has 132 valence electrons. The van der Waals surface area contributed by atoms with Gasteiger partial charge in [0.15, 0.2) is 0 Å². The molecule has 25 heavy (non-hydrogen) atoms. The maximum Gasteiger partial charge on any atom is 0.225 e. The maximum atomic E-state index is 13.5. The number of anilines is 2. The molecule has 0 unspecified atom stereocenters. The lowest BCUT2D eigenvalue weighted by molar-refractivity contribution is -0.116. The fraction of sp³-hybridized carbons (Fsp3) is 0.316. The minimum Gasteiger partial charge on any atom is -0.369 e. The van der Waals surface area contributed by atoms with Gasteiger partial charge in [0.1, 0.15) is 5.82 Å². The third-order valence-corrected chi connectivity index (χ3v) is 4.58. The zero-order chi connectivity index (χ0) is 17.6. The molecule has 0 atom stereocenters. The van der Waals surface area contributed by atoms with Crippen LogP contribution in [0.25, 0.3) is 0 Å². The number of nitrogens with zero attached hydrogens (tertiary/aromatic N) is 2. The number of rotatable bonds is 5. The van der Waals surface area contributed by atoms with Gasteiger partial charge in [0, 0.05) is 49.9 Å². The van der Waals surface area contributed by atoms with Crippen molar-refractivity contribution < 1.29 is 9.18 Å². The van der Waals surface area contributed by atoms with Crippen molar-refractivity contribution in [2.24, 2.45) is 0 Å². The summed E-state index contributed by atoms with van der Waals surface area (Å²) in [7, 11) is 0. The van der Waals surface area contributed by atoms with Gasteiger partial charge in [0.25, 0.3) is 0 Å². The third kappa shape index (κ3) is 4.94. The lowest BCUT2D eigenvalue weighted by atomic mass is 10.2. The molecule has 3 rings (SSSR count). The summed E-state index contributed by atoms with van der Waals surface area (Å²) in [5.74, 6) is -0.576. The minimum absolute atomic E-state index is 0.164. The number of carbonyl (C=O) groups is 1. The third-order valence-electron chi connectivity index (χ3n) is 4.35. The number of amides is 1. The summed E-state index contributed by atoms with van der Waals surface area (Å²) in [6, 6.07) is 14.1. The van der Waals surface area contributed by atoms with Gasteiger partial charge < -0.3 is 10.2 Å². The Kier molecular flexibility index (Phi) is 5.89. The topological polar surface area (TPSA) is 35.6 Å². The van der Waals surface area contributed by atoms with Gasteiger partial charge in [-0.25, -0.2) is 4.39 Å². The Morgan fingerprint density at radius 2 is 1.84 bits per heavy atom. The van der Waals surface area contributed by atoms with Crippen LogP contribution in [0.15, 0.2) is 48.5 Å². The van der Waals surface area contributed by atoms with Crippen molar-refractivity contribution in [3.63, 3.8) is 0 Å². The number of halogens is 2. The second kappa shape index (κ2) is 8.32. The average Bonchev–Trinajstić information content (AvgIpc) is 2.62. The summed E-state index contributed by atoms with van der Waals surface area (Å²) in [6.07, 6.45) is 0.353. The van der Waals surface area contributed by atoms with E-state index in [0.717, 1.165) is 36.9 Å². The van der Waals surface area contributed by atoms with Crippen molar-refractivity contribution in [2.45, 2.75) is 6.42 Å². The van der Waals surface area contributed by atoms with Crippen LogP contribution in [-0.4, -0.2) is 43.5 Å². The van der Waals surface area contributed by atoms with Crippen molar-refractivity contribution in [1.29, 1.82) is 0 Å². The van der Waals surface area contributed by atoms with Crippen LogP contribution in [0.5, 0.6) is 0 Å². The largest absolute Gasteiger partial charge is 0.369 e. The summed E-state index contributed by atoms with van der Waals surface area (Å²) >= 11 is 6.05. The van der Waals surface area contributed by atoms with Crippen molar-refractivity contribution in [1.82, 2.24) is 4.90 Å². The molecular formula is C19H21ClFN3O. The van der Waals surface area contributed by atoms with E-state index < -0.39 is 5.82 Å². The summed E-state index contributed by atoms with van der Waals surface area (Å²) < 4.78 is 13.5. The van der Waals surface area contributed by atoms with E-state index in [1.807, 2.05) is 18.2 Å². The highest BCUT2D eigenvalue weighted by molar-refractivity contribution is 6.30. The molecule has 6 heteroatoms. The first-order chi connectivity index (χ1) is 12.1. The Morgan fingerprint density at radius 3 is 2.56 bits per heavy atom. The predicted molar refractivity (Wildman–Crippen MR) is 99.8 cm³/mol. The van der Waals surface area contributed by atoms with Gasteiger partial charge in [0.2, 0.25) is 5.91 Å². The lowest BCUT2D eigenvalue weighted by Crippen LogP contribution is -2.47. The standard InChI is InChI=1S/C19H21ClFN3O/c20-15-4-3-5-16(14-15)24-12-10-23(11-13-24)9-8-19(25)22-18-7-2-1-6-17(18)21/h1-7,14H,8-13H2,(H,22,25). The predicted octanol–water partition coefficient (Wildman–Crippen LogP) is 3.63. The van der Waals surface area contributed by atoms with Gasteiger partial charge in [-0.2, -0.15) is 0 Å². The monoisotopic (exact) mass is 361 g/mol. The van der Waals surface area contributed by atoms with Crippen LogP contribution in [0.3, 0.4) is 0 Å². The minimum atomic E-state index is -0.411. The number of carbonyl (C=O) groups excluding carboxylic acids is 1. The molecule has 1 heterocycles. The van der Waals surface area contributed by atoms with Crippen LogP contribution in [0.1, 0.15) is 6.42 Å². The number of nitrogens with one attached hydrogen (secondary N) is 1. The summed E-state index contributed by atoms with van der Waals surface area (Å²) in [6.45, 7) is 4.24. The van der Waals surface area contributed by atoms with Crippen LogP contribution in [0.4, 0.5) is 15.8 Å². The van der Waals surface area contributed by atoms with Gasteiger partial charge in [-0.3, -0.25) is 9.69 Å².